The molecule has 1 atom stereocenters. The van der Waals surface area contributed by atoms with Gasteiger partial charge in [-0.05, 0) is 43.4 Å². The minimum atomic E-state index is -1.57. The summed E-state index contributed by atoms with van der Waals surface area (Å²) in [5, 5.41) is 12.1. The predicted octanol–water partition coefficient (Wildman–Crippen LogP) is 2.06. The zero-order valence-corrected chi connectivity index (χ0v) is 12.5. The molecule has 22 heavy (non-hydrogen) atoms. The van der Waals surface area contributed by atoms with Gasteiger partial charge in [0.05, 0.1) is 0 Å². The van der Waals surface area contributed by atoms with E-state index < -0.39 is 17.3 Å². The van der Waals surface area contributed by atoms with Crippen molar-refractivity contribution in [1.82, 2.24) is 5.32 Å². The van der Waals surface area contributed by atoms with E-state index in [1.807, 2.05) is 0 Å². The molecule has 0 aliphatic carbocycles. The third-order valence-electron chi connectivity index (χ3n) is 4.05. The van der Waals surface area contributed by atoms with Gasteiger partial charge in [-0.15, -0.1) is 0 Å². The van der Waals surface area contributed by atoms with Crippen LogP contribution in [0.1, 0.15) is 31.7 Å². The van der Waals surface area contributed by atoms with E-state index in [1.54, 1.807) is 0 Å². The van der Waals surface area contributed by atoms with Gasteiger partial charge < -0.3 is 15.2 Å². The van der Waals surface area contributed by atoms with Gasteiger partial charge in [-0.2, -0.15) is 0 Å². The zero-order valence-electron chi connectivity index (χ0n) is 12.5. The van der Waals surface area contributed by atoms with Gasteiger partial charge in [0.2, 0.25) is 5.91 Å². The minimum absolute atomic E-state index is 0.208. The highest BCUT2D eigenvalue weighted by molar-refractivity contribution is 5.87. The third-order valence-corrected chi connectivity index (χ3v) is 4.05. The van der Waals surface area contributed by atoms with Gasteiger partial charge >= 0.3 is 5.97 Å². The lowest BCUT2D eigenvalue weighted by atomic mass is 9.90. The van der Waals surface area contributed by atoms with E-state index in [0.717, 1.165) is 12.8 Å². The Morgan fingerprint density at radius 3 is 2.45 bits per heavy atom. The zero-order chi connectivity index (χ0) is 16.2. The molecule has 1 heterocycles. The third kappa shape index (κ3) is 3.82. The van der Waals surface area contributed by atoms with Gasteiger partial charge in [-0.25, -0.2) is 9.18 Å². The van der Waals surface area contributed by atoms with Crippen LogP contribution < -0.4 is 5.32 Å². The quantitative estimate of drug-likeness (QED) is 0.873. The Kier molecular flexibility index (Phi) is 5.13. The molecule has 0 radical (unpaired) electrons. The molecule has 2 N–H and O–H groups in total. The van der Waals surface area contributed by atoms with Crippen LogP contribution in [0.3, 0.4) is 0 Å². The van der Waals surface area contributed by atoms with E-state index in [1.165, 1.54) is 31.2 Å². The molecular weight excluding hydrogens is 289 g/mol. The van der Waals surface area contributed by atoms with Crippen molar-refractivity contribution in [3.8, 4) is 0 Å². The van der Waals surface area contributed by atoms with Crippen LogP contribution in [0.4, 0.5) is 4.39 Å². The Bertz CT molecular complexity index is 540. The van der Waals surface area contributed by atoms with Crippen molar-refractivity contribution in [2.24, 2.45) is 5.92 Å². The van der Waals surface area contributed by atoms with Crippen molar-refractivity contribution >= 4 is 11.9 Å². The lowest BCUT2D eigenvalue weighted by molar-refractivity contribution is -0.147. The summed E-state index contributed by atoms with van der Waals surface area (Å²) in [4.78, 5) is 23.8. The summed E-state index contributed by atoms with van der Waals surface area (Å²) in [5.74, 6) is -1.74. The van der Waals surface area contributed by atoms with Crippen LogP contribution in [-0.4, -0.2) is 30.2 Å². The summed E-state index contributed by atoms with van der Waals surface area (Å²) in [7, 11) is 0. The number of carboxylic acid groups (broad SMARTS) is 1. The number of carbonyl (C=O) groups excluding carboxylic acids is 1. The van der Waals surface area contributed by atoms with Gasteiger partial charge in [-0.1, -0.05) is 12.1 Å². The highest BCUT2D eigenvalue weighted by atomic mass is 19.1. The SMILES string of the molecule is CC(NC(=O)CC1CCOCC1)(C(=O)O)c1ccc(F)cc1. The number of benzene rings is 1. The van der Waals surface area contributed by atoms with Crippen molar-refractivity contribution in [3.05, 3.63) is 35.6 Å². The Labute approximate surface area is 128 Å². The first-order valence-electron chi connectivity index (χ1n) is 7.30. The average Bonchev–Trinajstić information content (AvgIpc) is 2.48. The molecule has 1 unspecified atom stereocenters. The van der Waals surface area contributed by atoms with Crippen LogP contribution >= 0.6 is 0 Å². The Morgan fingerprint density at radius 1 is 1.32 bits per heavy atom. The second kappa shape index (κ2) is 6.87. The highest BCUT2D eigenvalue weighted by Gasteiger charge is 2.37. The van der Waals surface area contributed by atoms with Gasteiger partial charge in [-0.3, -0.25) is 4.79 Å². The predicted molar refractivity (Wildman–Crippen MR) is 77.7 cm³/mol. The number of aliphatic carboxylic acids is 1. The number of amides is 1. The Hall–Kier alpha value is -1.95. The first-order valence-corrected chi connectivity index (χ1v) is 7.30. The van der Waals surface area contributed by atoms with Gasteiger partial charge in [0.1, 0.15) is 5.82 Å². The average molecular weight is 309 g/mol. The monoisotopic (exact) mass is 309 g/mol. The molecule has 1 amide bonds. The number of nitrogens with one attached hydrogen (secondary N) is 1. The van der Waals surface area contributed by atoms with Crippen LogP contribution in [0.2, 0.25) is 0 Å². The summed E-state index contributed by atoms with van der Waals surface area (Å²) < 4.78 is 18.2. The first kappa shape index (κ1) is 16.4. The summed E-state index contributed by atoms with van der Waals surface area (Å²) in [6, 6.07) is 5.11. The summed E-state index contributed by atoms with van der Waals surface area (Å²) in [6.45, 7) is 2.67. The second-order valence-corrected chi connectivity index (χ2v) is 5.75. The van der Waals surface area contributed by atoms with Crippen LogP contribution in [0.5, 0.6) is 0 Å². The van der Waals surface area contributed by atoms with Crippen molar-refractivity contribution < 1.29 is 23.8 Å². The summed E-state index contributed by atoms with van der Waals surface area (Å²) in [6.07, 6.45) is 1.87. The number of halogens is 1. The molecule has 1 saturated heterocycles. The molecule has 0 spiro atoms. The smallest absolute Gasteiger partial charge is 0.333 e. The number of hydrogen-bond donors (Lipinski definition) is 2. The van der Waals surface area contributed by atoms with Crippen molar-refractivity contribution in [3.63, 3.8) is 0 Å². The molecule has 1 aromatic carbocycles. The standard InChI is InChI=1S/C16H20FNO4/c1-16(15(20)21,12-2-4-13(17)5-3-12)18-14(19)10-11-6-8-22-9-7-11/h2-5,11H,6-10H2,1H3,(H,18,19)(H,20,21). The molecule has 1 aliphatic rings. The molecular formula is C16H20FNO4. The fourth-order valence-corrected chi connectivity index (χ4v) is 2.57. The van der Waals surface area contributed by atoms with Gasteiger partial charge in [0.15, 0.2) is 5.54 Å². The molecule has 120 valence electrons. The van der Waals surface area contributed by atoms with Crippen molar-refractivity contribution in [2.45, 2.75) is 31.7 Å². The molecule has 6 heteroatoms. The van der Waals surface area contributed by atoms with E-state index in [0.29, 0.717) is 18.8 Å². The van der Waals surface area contributed by atoms with Crippen LogP contribution in [0.15, 0.2) is 24.3 Å². The Balaban J connectivity index is 2.08. The molecule has 0 bridgehead atoms. The number of hydrogen-bond acceptors (Lipinski definition) is 3. The second-order valence-electron chi connectivity index (χ2n) is 5.75. The van der Waals surface area contributed by atoms with E-state index in [4.69, 9.17) is 4.74 Å². The fourth-order valence-electron chi connectivity index (χ4n) is 2.57. The fraction of sp³-hybridized carbons (Fsp3) is 0.500. The Morgan fingerprint density at radius 2 is 1.91 bits per heavy atom. The maximum absolute atomic E-state index is 13.0. The van der Waals surface area contributed by atoms with Crippen molar-refractivity contribution in [1.29, 1.82) is 0 Å². The van der Waals surface area contributed by atoms with E-state index >= 15 is 0 Å². The lowest BCUT2D eigenvalue weighted by Gasteiger charge is -2.28. The van der Waals surface area contributed by atoms with Crippen LogP contribution in [0, 0.1) is 11.7 Å². The van der Waals surface area contributed by atoms with Gasteiger partial charge in [0.25, 0.3) is 0 Å². The number of carbonyl (C=O) groups is 2. The van der Waals surface area contributed by atoms with E-state index in [9.17, 15) is 19.1 Å². The summed E-state index contributed by atoms with van der Waals surface area (Å²) in [5.41, 5.74) is -1.24. The molecule has 1 aromatic rings. The molecule has 0 saturated carbocycles. The highest BCUT2D eigenvalue weighted by Crippen LogP contribution is 2.24. The maximum Gasteiger partial charge on any atom is 0.333 e. The number of carboxylic acids is 1. The number of ether oxygens (including phenoxy) is 1. The van der Waals surface area contributed by atoms with Crippen LogP contribution in [0.25, 0.3) is 0 Å². The summed E-state index contributed by atoms with van der Waals surface area (Å²) >= 11 is 0. The van der Waals surface area contributed by atoms with Gasteiger partial charge in [0, 0.05) is 19.6 Å². The topological polar surface area (TPSA) is 75.6 Å². The lowest BCUT2D eigenvalue weighted by Crippen LogP contribution is -2.50. The van der Waals surface area contributed by atoms with Crippen molar-refractivity contribution in [2.75, 3.05) is 13.2 Å². The molecule has 5 nitrogen and oxygen atoms in total. The van der Waals surface area contributed by atoms with E-state index in [-0.39, 0.29) is 18.2 Å². The minimum Gasteiger partial charge on any atom is -0.479 e. The molecule has 2 rings (SSSR count). The first-order chi connectivity index (χ1) is 10.4. The number of rotatable bonds is 5. The molecule has 1 aliphatic heterocycles. The van der Waals surface area contributed by atoms with Crippen LogP contribution in [-0.2, 0) is 19.9 Å². The van der Waals surface area contributed by atoms with E-state index in [2.05, 4.69) is 5.32 Å². The largest absolute Gasteiger partial charge is 0.479 e. The molecule has 0 aromatic heterocycles. The molecule has 1 fully saturated rings. The normalized spacial score (nSPS) is 18.5. The maximum atomic E-state index is 13.0.